The van der Waals surface area contributed by atoms with Crippen LogP contribution in [0.15, 0.2) is 29.1 Å². The quantitative estimate of drug-likeness (QED) is 0.0567. The number of hydrogen-bond acceptors (Lipinski definition) is 12. The van der Waals surface area contributed by atoms with Crippen LogP contribution in [0.5, 0.6) is 6.01 Å². The SMILES string of the molecule is CCCCOc1nc(N)c2[nH]c(=O)n(Cc3ccc(CN4CCC(CCNC(=O)[C@H](CCCCNC(=O)CON)NC(=O)CCOCC)CC4)cc3)c2n1. The Hall–Kier alpha value is -4.58. The number of amides is 3. The van der Waals surface area contributed by atoms with Gasteiger partial charge >= 0.3 is 11.7 Å². The van der Waals surface area contributed by atoms with Crippen LogP contribution in [0.25, 0.3) is 11.2 Å². The molecule has 4 rings (SSSR count). The average Bonchev–Trinajstić information content (AvgIpc) is 3.47. The molecule has 1 aliphatic rings. The van der Waals surface area contributed by atoms with E-state index in [1.807, 2.05) is 19.1 Å². The number of unbranched alkanes of at least 4 members (excludes halogenated alkanes) is 2. The van der Waals surface area contributed by atoms with Crippen LogP contribution in [0.4, 0.5) is 5.82 Å². The molecular weight excluding hydrogens is 696 g/mol. The van der Waals surface area contributed by atoms with Crippen LogP contribution in [0.2, 0.25) is 0 Å². The summed E-state index contributed by atoms with van der Waals surface area (Å²) >= 11 is 0. The van der Waals surface area contributed by atoms with E-state index in [1.54, 1.807) is 4.57 Å². The fourth-order valence-electron chi connectivity index (χ4n) is 6.37. The van der Waals surface area contributed by atoms with Crippen LogP contribution in [-0.2, 0) is 37.0 Å². The monoisotopic (exact) mass is 754 g/mol. The molecule has 3 heterocycles. The predicted molar refractivity (Wildman–Crippen MR) is 204 cm³/mol. The van der Waals surface area contributed by atoms with E-state index in [1.165, 1.54) is 5.56 Å². The molecule has 54 heavy (non-hydrogen) atoms. The molecule has 3 aromatic rings. The van der Waals surface area contributed by atoms with Gasteiger partial charge in [0.1, 0.15) is 18.2 Å². The normalized spacial score (nSPS) is 14.2. The van der Waals surface area contributed by atoms with E-state index in [-0.39, 0.29) is 48.3 Å². The van der Waals surface area contributed by atoms with Crippen LogP contribution < -0.4 is 38.0 Å². The topological polar surface area (TPSA) is 234 Å². The minimum absolute atomic E-state index is 0.163. The van der Waals surface area contributed by atoms with Crippen LogP contribution in [0.3, 0.4) is 0 Å². The molecule has 0 unspecified atom stereocenters. The Balaban J connectivity index is 1.20. The largest absolute Gasteiger partial charge is 0.463 e. The third kappa shape index (κ3) is 13.7. The molecule has 0 spiro atoms. The third-order valence-corrected chi connectivity index (χ3v) is 9.47. The Kier molecular flexibility index (Phi) is 17.6. The number of rotatable bonds is 24. The fraction of sp³-hybridized carbons (Fsp3) is 0.622. The van der Waals surface area contributed by atoms with Gasteiger partial charge in [0.05, 0.1) is 19.8 Å². The minimum Gasteiger partial charge on any atom is -0.463 e. The summed E-state index contributed by atoms with van der Waals surface area (Å²) in [6.07, 6.45) is 6.70. The van der Waals surface area contributed by atoms with Gasteiger partial charge in [0.2, 0.25) is 17.7 Å². The zero-order chi connectivity index (χ0) is 38.7. The van der Waals surface area contributed by atoms with Crippen LogP contribution in [0, 0.1) is 5.92 Å². The lowest BCUT2D eigenvalue weighted by Crippen LogP contribution is -2.47. The van der Waals surface area contributed by atoms with Gasteiger partial charge in [-0.15, -0.1) is 0 Å². The van der Waals surface area contributed by atoms with Crippen molar-refractivity contribution in [2.75, 3.05) is 58.3 Å². The first-order valence-electron chi connectivity index (χ1n) is 19.1. The first-order chi connectivity index (χ1) is 26.2. The Morgan fingerprint density at radius 1 is 0.963 bits per heavy atom. The molecule has 0 radical (unpaired) electrons. The Bertz CT molecular complexity index is 1670. The van der Waals surface area contributed by atoms with E-state index < -0.39 is 6.04 Å². The molecule has 1 fully saturated rings. The standard InChI is InChI=1S/C37H58N10O7/c1-3-5-21-53-36-44-33(38)32-34(45-36)47(37(51)43-32)24-28-11-9-27(10-12-28)23-46-19-14-26(15-20-46)13-18-41-35(50)29(42-30(48)16-22-52-4-2)8-6-7-17-40-31(49)25-54-39/h9-12,26,29H,3-8,13-25,39H2,1-2H3,(H,40,49)(H,41,50)(H,42,48)(H,43,51)(H2,38,44,45)/t29-/m0/s1. The number of fused-ring (bicyclic) bond motifs is 1. The summed E-state index contributed by atoms with van der Waals surface area (Å²) in [7, 11) is 0. The van der Waals surface area contributed by atoms with Crippen LogP contribution in [-0.4, -0.2) is 101 Å². The van der Waals surface area contributed by atoms with Crippen molar-refractivity contribution in [1.29, 1.82) is 0 Å². The number of imidazole rings is 1. The number of ether oxygens (including phenoxy) is 2. The van der Waals surface area contributed by atoms with Crippen molar-refractivity contribution in [1.82, 2.24) is 40.4 Å². The molecule has 17 heteroatoms. The van der Waals surface area contributed by atoms with E-state index in [9.17, 15) is 19.2 Å². The Morgan fingerprint density at radius 2 is 1.70 bits per heavy atom. The third-order valence-electron chi connectivity index (χ3n) is 9.47. The molecule has 298 valence electrons. The predicted octanol–water partition coefficient (Wildman–Crippen LogP) is 1.74. The van der Waals surface area contributed by atoms with Gasteiger partial charge in [-0.25, -0.2) is 10.7 Å². The second-order valence-corrected chi connectivity index (χ2v) is 13.6. The lowest BCUT2D eigenvalue weighted by atomic mass is 9.93. The number of nitrogens with one attached hydrogen (secondary N) is 4. The van der Waals surface area contributed by atoms with Crippen LogP contribution >= 0.6 is 0 Å². The maximum absolute atomic E-state index is 13.1. The van der Waals surface area contributed by atoms with Crippen molar-refractivity contribution >= 4 is 34.7 Å². The molecule has 0 saturated carbocycles. The van der Waals surface area contributed by atoms with E-state index in [4.69, 9.17) is 21.1 Å². The Labute approximate surface area is 316 Å². The van der Waals surface area contributed by atoms with Gasteiger partial charge in [-0.05, 0) is 82.0 Å². The number of nitrogens with two attached hydrogens (primary N) is 2. The second-order valence-electron chi connectivity index (χ2n) is 13.6. The van der Waals surface area contributed by atoms with Gasteiger partial charge < -0.3 is 36.1 Å². The number of nitrogen functional groups attached to an aromatic ring is 1. The maximum Gasteiger partial charge on any atom is 0.328 e. The fourth-order valence-corrected chi connectivity index (χ4v) is 6.37. The minimum atomic E-state index is -0.658. The molecule has 3 amide bonds. The number of aromatic amines is 1. The Morgan fingerprint density at radius 3 is 2.41 bits per heavy atom. The zero-order valence-corrected chi connectivity index (χ0v) is 31.7. The first kappa shape index (κ1) is 42.2. The van der Waals surface area contributed by atoms with Crippen molar-refractivity contribution in [3.05, 3.63) is 45.9 Å². The molecule has 1 aromatic carbocycles. The lowest BCUT2D eigenvalue weighted by Gasteiger charge is -2.32. The van der Waals surface area contributed by atoms with E-state index in [0.717, 1.165) is 57.3 Å². The number of piperidine rings is 1. The summed E-state index contributed by atoms with van der Waals surface area (Å²) in [5, 5.41) is 8.59. The van der Waals surface area contributed by atoms with Crippen LogP contribution in [0.1, 0.15) is 82.8 Å². The number of H-pyrrole nitrogens is 1. The van der Waals surface area contributed by atoms with Crippen molar-refractivity contribution in [2.24, 2.45) is 11.8 Å². The molecule has 17 nitrogen and oxygen atoms in total. The summed E-state index contributed by atoms with van der Waals surface area (Å²) in [5.74, 6) is 4.86. The maximum atomic E-state index is 13.1. The lowest BCUT2D eigenvalue weighted by molar-refractivity contribution is -0.129. The van der Waals surface area contributed by atoms with Gasteiger partial charge in [-0.2, -0.15) is 9.97 Å². The molecule has 1 atom stereocenters. The number of aromatic nitrogens is 4. The molecule has 2 aromatic heterocycles. The number of nitrogens with zero attached hydrogens (tertiary/aromatic N) is 4. The van der Waals surface area contributed by atoms with Crippen molar-refractivity contribution in [2.45, 2.75) is 90.8 Å². The molecule has 8 N–H and O–H groups in total. The van der Waals surface area contributed by atoms with Crippen molar-refractivity contribution < 1.29 is 28.7 Å². The number of carbonyl (C=O) groups is 3. The zero-order valence-electron chi connectivity index (χ0n) is 31.7. The van der Waals surface area contributed by atoms with E-state index >= 15 is 0 Å². The summed E-state index contributed by atoms with van der Waals surface area (Å²) in [5.41, 5.74) is 8.76. The van der Waals surface area contributed by atoms with Crippen molar-refractivity contribution in [3.63, 3.8) is 0 Å². The average molecular weight is 755 g/mol. The highest BCUT2D eigenvalue weighted by Gasteiger charge is 2.23. The highest BCUT2D eigenvalue weighted by molar-refractivity contribution is 5.87. The summed E-state index contributed by atoms with van der Waals surface area (Å²) < 4.78 is 12.5. The molecule has 1 aliphatic heterocycles. The summed E-state index contributed by atoms with van der Waals surface area (Å²) in [4.78, 5) is 68.1. The van der Waals surface area contributed by atoms with E-state index in [0.29, 0.717) is 75.8 Å². The van der Waals surface area contributed by atoms with Gasteiger partial charge in [0.25, 0.3) is 0 Å². The summed E-state index contributed by atoms with van der Waals surface area (Å²) in [6.45, 7) is 9.06. The number of hydrogen-bond donors (Lipinski definition) is 6. The smallest absolute Gasteiger partial charge is 0.328 e. The van der Waals surface area contributed by atoms with Gasteiger partial charge in [-0.1, -0.05) is 37.6 Å². The molecule has 0 aliphatic carbocycles. The molecule has 0 bridgehead atoms. The molecular formula is C37H58N10O7. The van der Waals surface area contributed by atoms with Gasteiger partial charge in [0.15, 0.2) is 11.5 Å². The second kappa shape index (κ2) is 22.6. The number of carbonyl (C=O) groups excluding carboxylic acids is 3. The number of benzene rings is 1. The van der Waals surface area contributed by atoms with E-state index in [2.05, 4.69) is 59.7 Å². The first-order valence-corrected chi connectivity index (χ1v) is 19.1. The van der Waals surface area contributed by atoms with Gasteiger partial charge in [0, 0.05) is 32.7 Å². The number of anilines is 1. The van der Waals surface area contributed by atoms with Crippen molar-refractivity contribution in [3.8, 4) is 6.01 Å². The highest BCUT2D eigenvalue weighted by Crippen LogP contribution is 2.23. The molecule has 1 saturated heterocycles. The number of likely N-dealkylation sites (tertiary alicyclic amines) is 1. The summed E-state index contributed by atoms with van der Waals surface area (Å²) in [6, 6.07) is 7.76. The highest BCUT2D eigenvalue weighted by atomic mass is 16.6. The van der Waals surface area contributed by atoms with Gasteiger partial charge in [-0.3, -0.25) is 28.7 Å².